The number of ketones is 1. The highest BCUT2D eigenvalue weighted by Gasteiger charge is 2.10. The van der Waals surface area contributed by atoms with Crippen LogP contribution in [-0.2, 0) is 11.2 Å². The second-order valence-corrected chi connectivity index (χ2v) is 6.50. The summed E-state index contributed by atoms with van der Waals surface area (Å²) in [6.45, 7) is 2.40. The van der Waals surface area contributed by atoms with Crippen molar-refractivity contribution in [2.45, 2.75) is 32.6 Å². The summed E-state index contributed by atoms with van der Waals surface area (Å²) in [6.07, 6.45) is 5.06. The lowest BCUT2D eigenvalue weighted by Crippen LogP contribution is -2.20. The minimum absolute atomic E-state index is 0.0268. The number of carbonyl (C=O) groups excluding carboxylic acids is 1. The molecule has 1 aromatic carbocycles. The lowest BCUT2D eigenvalue weighted by atomic mass is 10.0. The van der Waals surface area contributed by atoms with E-state index in [4.69, 9.17) is 11.5 Å². The molecule has 0 fully saturated rings. The van der Waals surface area contributed by atoms with Crippen LogP contribution in [0.5, 0.6) is 0 Å². The van der Waals surface area contributed by atoms with Gasteiger partial charge in [-0.15, -0.1) is 0 Å². The lowest BCUT2D eigenvalue weighted by molar-refractivity contribution is -0.114. The molecular formula is C20H25N5O4. The molecule has 0 saturated carbocycles. The third-order valence-corrected chi connectivity index (χ3v) is 4.23. The molecule has 1 aromatic heterocycles. The molecule has 0 radical (unpaired) electrons. The van der Waals surface area contributed by atoms with Gasteiger partial charge in [-0.3, -0.25) is 14.6 Å². The van der Waals surface area contributed by atoms with E-state index in [1.165, 1.54) is 18.2 Å². The zero-order valence-corrected chi connectivity index (χ0v) is 16.2. The van der Waals surface area contributed by atoms with Gasteiger partial charge >= 0.3 is 5.97 Å². The number of aromatic nitrogens is 2. The van der Waals surface area contributed by atoms with E-state index in [9.17, 15) is 19.5 Å². The number of carboxylic acid groups (broad SMARTS) is 1. The molecule has 1 heterocycles. The highest BCUT2D eigenvalue weighted by atomic mass is 16.4. The first-order chi connectivity index (χ1) is 13.8. The molecule has 2 rings (SSSR count). The van der Waals surface area contributed by atoms with Gasteiger partial charge in [-0.1, -0.05) is 19.1 Å². The van der Waals surface area contributed by atoms with E-state index >= 15 is 0 Å². The number of benzene rings is 1. The van der Waals surface area contributed by atoms with E-state index in [1.807, 2.05) is 6.92 Å². The molecule has 29 heavy (non-hydrogen) atoms. The van der Waals surface area contributed by atoms with Gasteiger partial charge in [-0.05, 0) is 43.0 Å². The number of carboxylic acids is 1. The van der Waals surface area contributed by atoms with Crippen LogP contribution in [0.25, 0.3) is 6.08 Å². The van der Waals surface area contributed by atoms with Crippen LogP contribution in [0.15, 0.2) is 29.1 Å². The highest BCUT2D eigenvalue weighted by Crippen LogP contribution is 2.18. The van der Waals surface area contributed by atoms with E-state index in [-0.39, 0.29) is 28.7 Å². The topological polar surface area (TPSA) is 164 Å². The normalized spacial score (nSPS) is 10.9. The number of anilines is 3. The Morgan fingerprint density at radius 3 is 2.72 bits per heavy atom. The van der Waals surface area contributed by atoms with Crippen LogP contribution in [0.3, 0.4) is 0 Å². The Morgan fingerprint density at radius 1 is 1.31 bits per heavy atom. The Bertz CT molecular complexity index is 981. The predicted molar refractivity (Wildman–Crippen MR) is 113 cm³/mol. The lowest BCUT2D eigenvalue weighted by Gasteiger charge is -2.10. The van der Waals surface area contributed by atoms with Crippen molar-refractivity contribution in [1.29, 1.82) is 0 Å². The maximum Gasteiger partial charge on any atom is 0.336 e. The molecule has 0 bridgehead atoms. The molecule has 0 unspecified atom stereocenters. The van der Waals surface area contributed by atoms with Gasteiger partial charge in [0.25, 0.3) is 5.56 Å². The minimum Gasteiger partial charge on any atom is -0.478 e. The Labute approximate surface area is 167 Å². The number of H-pyrrole nitrogens is 1. The SMILES string of the molecule is CCCC(=O)/C=C/c1ccc(NCCCc2c(N)nc(N)[nH]c2=O)cc1C(=O)O. The molecule has 7 N–H and O–H groups in total. The molecular weight excluding hydrogens is 374 g/mol. The maximum absolute atomic E-state index is 11.9. The Morgan fingerprint density at radius 2 is 2.07 bits per heavy atom. The highest BCUT2D eigenvalue weighted by molar-refractivity contribution is 5.97. The Balaban J connectivity index is 2.01. The number of hydrogen-bond acceptors (Lipinski definition) is 7. The zero-order valence-electron chi connectivity index (χ0n) is 16.2. The summed E-state index contributed by atoms with van der Waals surface area (Å²) < 4.78 is 0. The van der Waals surface area contributed by atoms with Crippen molar-refractivity contribution >= 4 is 35.3 Å². The summed E-state index contributed by atoms with van der Waals surface area (Å²) in [5, 5.41) is 12.6. The van der Waals surface area contributed by atoms with Crippen molar-refractivity contribution in [3.63, 3.8) is 0 Å². The summed E-state index contributed by atoms with van der Waals surface area (Å²) in [5.41, 5.74) is 12.3. The average Bonchev–Trinajstić information content (AvgIpc) is 2.65. The molecule has 0 amide bonds. The summed E-state index contributed by atoms with van der Waals surface area (Å²) >= 11 is 0. The standard InChI is InChI=1S/C20H25N5O4/c1-2-4-14(26)9-7-12-6-8-13(11-16(12)19(28)29)23-10-3-5-15-17(21)24-20(22)25-18(15)27/h6-9,11,23H,2-5,10H2,1H3,(H,28,29)(H5,21,22,24,25,27)/b9-7+. The third-order valence-electron chi connectivity index (χ3n) is 4.23. The molecule has 9 heteroatoms. The van der Waals surface area contributed by atoms with Crippen LogP contribution in [0.1, 0.15) is 47.7 Å². The van der Waals surface area contributed by atoms with E-state index in [2.05, 4.69) is 15.3 Å². The fourth-order valence-electron chi connectivity index (χ4n) is 2.78. The van der Waals surface area contributed by atoms with Crippen LogP contribution < -0.4 is 22.3 Å². The van der Waals surface area contributed by atoms with E-state index in [0.29, 0.717) is 42.6 Å². The number of nitrogens with one attached hydrogen (secondary N) is 2. The number of carbonyl (C=O) groups is 2. The monoisotopic (exact) mass is 399 g/mol. The quantitative estimate of drug-likeness (QED) is 0.299. The van der Waals surface area contributed by atoms with Crippen molar-refractivity contribution in [1.82, 2.24) is 9.97 Å². The smallest absolute Gasteiger partial charge is 0.336 e. The Hall–Kier alpha value is -3.62. The van der Waals surface area contributed by atoms with Gasteiger partial charge in [-0.2, -0.15) is 4.98 Å². The molecule has 0 aliphatic heterocycles. The van der Waals surface area contributed by atoms with Gasteiger partial charge < -0.3 is 21.9 Å². The number of nitrogens with two attached hydrogens (primary N) is 2. The van der Waals surface area contributed by atoms with Crippen molar-refractivity contribution < 1.29 is 14.7 Å². The molecule has 0 spiro atoms. The fourth-order valence-corrected chi connectivity index (χ4v) is 2.78. The van der Waals surface area contributed by atoms with Crippen molar-refractivity contribution in [3.8, 4) is 0 Å². The molecule has 0 saturated heterocycles. The van der Waals surface area contributed by atoms with Crippen LogP contribution in [0.2, 0.25) is 0 Å². The van der Waals surface area contributed by atoms with Crippen LogP contribution in [-0.4, -0.2) is 33.4 Å². The minimum atomic E-state index is -1.08. The van der Waals surface area contributed by atoms with Crippen LogP contribution in [0, 0.1) is 0 Å². The van der Waals surface area contributed by atoms with Crippen LogP contribution in [0.4, 0.5) is 17.5 Å². The van der Waals surface area contributed by atoms with Gasteiger partial charge in [0.05, 0.1) is 11.1 Å². The van der Waals surface area contributed by atoms with Gasteiger partial charge in [0.1, 0.15) is 5.82 Å². The number of aromatic carboxylic acids is 1. The van der Waals surface area contributed by atoms with E-state index in [1.54, 1.807) is 12.1 Å². The Kier molecular flexibility index (Phi) is 7.53. The maximum atomic E-state index is 11.9. The van der Waals surface area contributed by atoms with Gasteiger partial charge in [0.15, 0.2) is 5.78 Å². The fraction of sp³-hybridized carbons (Fsp3) is 0.300. The summed E-state index contributed by atoms with van der Waals surface area (Å²) in [5.74, 6) is -1.05. The van der Waals surface area contributed by atoms with Gasteiger partial charge in [0.2, 0.25) is 5.95 Å². The zero-order chi connectivity index (χ0) is 21.4. The van der Waals surface area contributed by atoms with Crippen molar-refractivity contribution in [2.75, 3.05) is 23.3 Å². The first-order valence-corrected chi connectivity index (χ1v) is 9.28. The number of allylic oxidation sites excluding steroid dienone is 1. The third kappa shape index (κ3) is 6.20. The number of hydrogen-bond donors (Lipinski definition) is 5. The number of nitrogen functional groups attached to an aromatic ring is 2. The molecule has 9 nitrogen and oxygen atoms in total. The second-order valence-electron chi connectivity index (χ2n) is 6.50. The second kappa shape index (κ2) is 10.1. The summed E-state index contributed by atoms with van der Waals surface area (Å²) in [7, 11) is 0. The molecule has 0 aliphatic carbocycles. The van der Waals surface area contributed by atoms with Crippen molar-refractivity contribution in [2.24, 2.45) is 0 Å². The first-order valence-electron chi connectivity index (χ1n) is 9.28. The van der Waals surface area contributed by atoms with Crippen LogP contribution >= 0.6 is 0 Å². The van der Waals surface area contributed by atoms with Gasteiger partial charge in [0, 0.05) is 18.7 Å². The number of nitrogens with zero attached hydrogens (tertiary/aromatic N) is 1. The molecule has 0 atom stereocenters. The molecule has 154 valence electrons. The average molecular weight is 399 g/mol. The van der Waals surface area contributed by atoms with Gasteiger partial charge in [-0.25, -0.2) is 4.79 Å². The van der Waals surface area contributed by atoms with Crippen molar-refractivity contribution in [3.05, 3.63) is 51.3 Å². The molecule has 0 aliphatic rings. The largest absolute Gasteiger partial charge is 0.478 e. The summed E-state index contributed by atoms with van der Waals surface area (Å²) in [4.78, 5) is 41.3. The first kappa shape index (κ1) is 21.7. The number of aromatic amines is 1. The molecule has 2 aromatic rings. The number of rotatable bonds is 10. The summed E-state index contributed by atoms with van der Waals surface area (Å²) in [6, 6.07) is 4.90. The van der Waals surface area contributed by atoms with E-state index in [0.717, 1.165) is 6.42 Å². The predicted octanol–water partition coefficient (Wildman–Crippen LogP) is 2.06. The van der Waals surface area contributed by atoms with E-state index < -0.39 is 5.97 Å².